The van der Waals surface area contributed by atoms with Crippen molar-refractivity contribution in [2.45, 2.75) is 63.8 Å². The SMILES string of the molecule is CC1(C(=O)Nc2ncc(C3CCCCC3)s2)CC(NC#N)C1. The average Bonchev–Trinajstić information content (AvgIpc) is 2.95. The van der Waals surface area contributed by atoms with Crippen molar-refractivity contribution < 1.29 is 4.79 Å². The molecule has 1 aromatic rings. The van der Waals surface area contributed by atoms with Crippen molar-refractivity contribution in [2.75, 3.05) is 5.32 Å². The molecule has 0 spiro atoms. The average molecular weight is 318 g/mol. The molecule has 3 rings (SSSR count). The van der Waals surface area contributed by atoms with Crippen LogP contribution in [-0.4, -0.2) is 16.9 Å². The zero-order valence-electron chi connectivity index (χ0n) is 12.9. The molecule has 118 valence electrons. The third kappa shape index (κ3) is 3.09. The van der Waals surface area contributed by atoms with Gasteiger partial charge in [-0.3, -0.25) is 4.79 Å². The Morgan fingerprint density at radius 1 is 1.41 bits per heavy atom. The maximum atomic E-state index is 12.4. The van der Waals surface area contributed by atoms with Crippen LogP contribution in [-0.2, 0) is 4.79 Å². The highest BCUT2D eigenvalue weighted by atomic mass is 32.1. The zero-order chi connectivity index (χ0) is 15.6. The summed E-state index contributed by atoms with van der Waals surface area (Å²) in [6, 6.07) is 0.134. The normalized spacial score (nSPS) is 28.5. The molecule has 0 atom stereocenters. The summed E-state index contributed by atoms with van der Waals surface area (Å²) in [6.45, 7) is 1.95. The molecule has 0 radical (unpaired) electrons. The maximum absolute atomic E-state index is 12.4. The first-order valence-electron chi connectivity index (χ1n) is 8.02. The van der Waals surface area contributed by atoms with Gasteiger partial charge in [-0.15, -0.1) is 11.3 Å². The van der Waals surface area contributed by atoms with Crippen LogP contribution in [0.3, 0.4) is 0 Å². The Bertz CT molecular complexity index is 579. The van der Waals surface area contributed by atoms with E-state index in [1.54, 1.807) is 11.3 Å². The molecule has 2 saturated carbocycles. The molecule has 1 heterocycles. The molecule has 0 aromatic carbocycles. The first-order valence-corrected chi connectivity index (χ1v) is 8.84. The van der Waals surface area contributed by atoms with Crippen LogP contribution in [0.4, 0.5) is 5.13 Å². The summed E-state index contributed by atoms with van der Waals surface area (Å²) in [5.74, 6) is 0.647. The van der Waals surface area contributed by atoms with Gasteiger partial charge in [0.05, 0.1) is 5.41 Å². The van der Waals surface area contributed by atoms with Crippen molar-refractivity contribution in [1.82, 2.24) is 10.3 Å². The number of thiazole rings is 1. The van der Waals surface area contributed by atoms with Crippen molar-refractivity contribution in [3.63, 3.8) is 0 Å². The third-order valence-corrected chi connectivity index (χ3v) is 6.04. The minimum absolute atomic E-state index is 0.0213. The zero-order valence-corrected chi connectivity index (χ0v) is 13.7. The predicted molar refractivity (Wildman–Crippen MR) is 86.4 cm³/mol. The lowest BCUT2D eigenvalue weighted by molar-refractivity contribution is -0.130. The molecular weight excluding hydrogens is 296 g/mol. The molecule has 6 heteroatoms. The highest BCUT2D eigenvalue weighted by Crippen LogP contribution is 2.42. The highest BCUT2D eigenvalue weighted by Gasteiger charge is 2.46. The molecule has 2 aliphatic carbocycles. The fraction of sp³-hybridized carbons (Fsp3) is 0.688. The van der Waals surface area contributed by atoms with Gasteiger partial charge < -0.3 is 10.6 Å². The summed E-state index contributed by atoms with van der Waals surface area (Å²) >= 11 is 1.62. The predicted octanol–water partition coefficient (Wildman–Crippen LogP) is 3.37. The molecule has 2 N–H and O–H groups in total. The Morgan fingerprint density at radius 2 is 2.14 bits per heavy atom. The van der Waals surface area contributed by atoms with Crippen LogP contribution in [0.5, 0.6) is 0 Å². The fourth-order valence-corrected chi connectivity index (χ4v) is 4.56. The number of carbonyl (C=O) groups excluding carboxylic acids is 1. The van der Waals surface area contributed by atoms with Gasteiger partial charge in [-0.1, -0.05) is 26.2 Å². The Balaban J connectivity index is 1.56. The molecular formula is C16H22N4OS. The Hall–Kier alpha value is -1.61. The fourth-order valence-electron chi connectivity index (χ4n) is 3.57. The number of nitrogens with one attached hydrogen (secondary N) is 2. The minimum atomic E-state index is -0.384. The third-order valence-electron chi connectivity index (χ3n) is 4.96. The first kappa shape index (κ1) is 15.3. The summed E-state index contributed by atoms with van der Waals surface area (Å²) < 4.78 is 0. The second-order valence-electron chi connectivity index (χ2n) is 6.78. The molecule has 0 aliphatic heterocycles. The second-order valence-corrected chi connectivity index (χ2v) is 7.84. The number of hydrogen-bond acceptors (Lipinski definition) is 5. The summed E-state index contributed by atoms with van der Waals surface area (Å²) in [7, 11) is 0. The van der Waals surface area contributed by atoms with Crippen molar-refractivity contribution in [2.24, 2.45) is 5.41 Å². The Labute approximate surface area is 135 Å². The smallest absolute Gasteiger partial charge is 0.232 e. The van der Waals surface area contributed by atoms with Crippen LogP contribution in [0.2, 0.25) is 0 Å². The van der Waals surface area contributed by atoms with Gasteiger partial charge in [-0.05, 0) is 31.6 Å². The minimum Gasteiger partial charge on any atom is -0.321 e. The van der Waals surface area contributed by atoms with Gasteiger partial charge in [-0.2, -0.15) is 5.26 Å². The number of nitriles is 1. The van der Waals surface area contributed by atoms with E-state index in [1.807, 2.05) is 19.3 Å². The number of anilines is 1. The number of carbonyl (C=O) groups is 1. The lowest BCUT2D eigenvalue weighted by Gasteiger charge is -2.42. The van der Waals surface area contributed by atoms with E-state index in [-0.39, 0.29) is 17.4 Å². The Kier molecular flexibility index (Phi) is 4.34. The number of amides is 1. The molecule has 5 nitrogen and oxygen atoms in total. The maximum Gasteiger partial charge on any atom is 0.232 e. The molecule has 1 aromatic heterocycles. The molecule has 22 heavy (non-hydrogen) atoms. The number of rotatable bonds is 4. The van der Waals surface area contributed by atoms with Gasteiger partial charge in [0.2, 0.25) is 5.91 Å². The standard InChI is InChI=1S/C16H22N4OS/c1-16(7-12(8-16)19-10-17)14(21)20-15-18-9-13(22-15)11-5-3-2-4-6-11/h9,11-12,19H,2-8H2,1H3,(H,18,20,21). The van der Waals surface area contributed by atoms with Crippen molar-refractivity contribution in [3.05, 3.63) is 11.1 Å². The van der Waals surface area contributed by atoms with Crippen molar-refractivity contribution in [3.8, 4) is 6.19 Å². The largest absolute Gasteiger partial charge is 0.321 e. The quantitative estimate of drug-likeness (QED) is 0.659. The summed E-state index contributed by atoms with van der Waals surface area (Å²) in [4.78, 5) is 18.1. The molecule has 2 aliphatic rings. The van der Waals surface area contributed by atoms with E-state index >= 15 is 0 Å². The summed E-state index contributed by atoms with van der Waals surface area (Å²) in [5, 5.41) is 15.0. The topological polar surface area (TPSA) is 77.8 Å². The van der Waals surface area contributed by atoms with Crippen LogP contribution in [0.25, 0.3) is 0 Å². The van der Waals surface area contributed by atoms with E-state index in [9.17, 15) is 4.79 Å². The van der Waals surface area contributed by atoms with Gasteiger partial charge in [0, 0.05) is 17.1 Å². The van der Waals surface area contributed by atoms with E-state index in [0.717, 1.165) is 0 Å². The van der Waals surface area contributed by atoms with E-state index in [1.165, 1.54) is 37.0 Å². The summed E-state index contributed by atoms with van der Waals surface area (Å²) in [6.07, 6.45) is 11.7. The monoisotopic (exact) mass is 318 g/mol. The number of hydrogen-bond donors (Lipinski definition) is 2. The molecule has 2 fully saturated rings. The Morgan fingerprint density at radius 3 is 2.82 bits per heavy atom. The molecule has 0 saturated heterocycles. The molecule has 0 bridgehead atoms. The van der Waals surface area contributed by atoms with Gasteiger partial charge in [-0.25, -0.2) is 4.98 Å². The van der Waals surface area contributed by atoms with E-state index < -0.39 is 0 Å². The van der Waals surface area contributed by atoms with Crippen LogP contribution in [0, 0.1) is 16.9 Å². The van der Waals surface area contributed by atoms with E-state index in [2.05, 4.69) is 15.6 Å². The highest BCUT2D eigenvalue weighted by molar-refractivity contribution is 7.15. The van der Waals surface area contributed by atoms with Gasteiger partial charge in [0.25, 0.3) is 0 Å². The van der Waals surface area contributed by atoms with Crippen LogP contribution in [0.1, 0.15) is 62.7 Å². The summed E-state index contributed by atoms with van der Waals surface area (Å²) in [5.41, 5.74) is -0.384. The molecule has 0 unspecified atom stereocenters. The van der Waals surface area contributed by atoms with Crippen LogP contribution in [0.15, 0.2) is 6.20 Å². The number of aromatic nitrogens is 1. The van der Waals surface area contributed by atoms with Crippen molar-refractivity contribution >= 4 is 22.4 Å². The number of nitrogens with zero attached hydrogens (tertiary/aromatic N) is 2. The first-order chi connectivity index (χ1) is 10.6. The van der Waals surface area contributed by atoms with E-state index in [0.29, 0.717) is 23.9 Å². The van der Waals surface area contributed by atoms with E-state index in [4.69, 9.17) is 5.26 Å². The lowest BCUT2D eigenvalue weighted by Crippen LogP contribution is -2.52. The second kappa shape index (κ2) is 6.25. The van der Waals surface area contributed by atoms with Gasteiger partial charge in [0.1, 0.15) is 0 Å². The van der Waals surface area contributed by atoms with Crippen LogP contribution >= 0.6 is 11.3 Å². The van der Waals surface area contributed by atoms with Crippen LogP contribution < -0.4 is 10.6 Å². The van der Waals surface area contributed by atoms with Gasteiger partial charge >= 0.3 is 0 Å². The molecule has 1 amide bonds. The van der Waals surface area contributed by atoms with Gasteiger partial charge in [0.15, 0.2) is 11.3 Å². The van der Waals surface area contributed by atoms with Crippen molar-refractivity contribution in [1.29, 1.82) is 5.26 Å². The lowest BCUT2D eigenvalue weighted by atomic mass is 9.66.